The molecule has 24 heavy (non-hydrogen) atoms. The zero-order valence-corrected chi connectivity index (χ0v) is 14.1. The maximum atomic E-state index is 12.2. The smallest absolute Gasteiger partial charge is 0.258 e. The molecule has 1 fully saturated rings. The Morgan fingerprint density at radius 3 is 2.46 bits per heavy atom. The van der Waals surface area contributed by atoms with Crippen LogP contribution in [0.25, 0.3) is 0 Å². The predicted molar refractivity (Wildman–Crippen MR) is 88.1 cm³/mol. The molecule has 1 aliphatic rings. The van der Waals surface area contributed by atoms with E-state index in [1.807, 2.05) is 13.0 Å². The van der Waals surface area contributed by atoms with Crippen molar-refractivity contribution in [2.75, 3.05) is 39.5 Å². The fourth-order valence-corrected chi connectivity index (χ4v) is 2.39. The summed E-state index contributed by atoms with van der Waals surface area (Å²) in [6.45, 7) is 6.05. The van der Waals surface area contributed by atoms with Crippen molar-refractivity contribution in [3.8, 4) is 11.5 Å². The molecule has 0 bridgehead atoms. The van der Waals surface area contributed by atoms with E-state index in [4.69, 9.17) is 14.2 Å². The van der Waals surface area contributed by atoms with Crippen LogP contribution in [-0.2, 0) is 14.3 Å². The molecule has 0 aromatic heterocycles. The van der Waals surface area contributed by atoms with Crippen LogP contribution in [0.4, 0.5) is 0 Å². The monoisotopic (exact) mass is 336 g/mol. The molecule has 0 radical (unpaired) electrons. The summed E-state index contributed by atoms with van der Waals surface area (Å²) in [5.74, 6) is 0.628. The summed E-state index contributed by atoms with van der Waals surface area (Å²) in [4.78, 5) is 25.9. The second kappa shape index (κ2) is 9.12. The van der Waals surface area contributed by atoms with Crippen LogP contribution in [0.15, 0.2) is 24.3 Å². The molecule has 1 aromatic rings. The Labute approximate surface area is 141 Å². The maximum absolute atomic E-state index is 12.2. The second-order valence-corrected chi connectivity index (χ2v) is 5.40. The lowest BCUT2D eigenvalue weighted by Gasteiger charge is -2.29. The number of para-hydroxylation sites is 2. The molecule has 1 aliphatic heterocycles. The third-order valence-electron chi connectivity index (χ3n) is 3.58. The zero-order chi connectivity index (χ0) is 17.4. The van der Waals surface area contributed by atoms with Crippen molar-refractivity contribution < 1.29 is 23.8 Å². The fraction of sp³-hybridized carbons (Fsp3) is 0.529. The minimum Gasteiger partial charge on any atom is -0.490 e. The normalized spacial score (nSPS) is 15.5. The summed E-state index contributed by atoms with van der Waals surface area (Å²) in [6.07, 6.45) is 0. The summed E-state index contributed by atoms with van der Waals surface area (Å²) in [7, 11) is 0. The van der Waals surface area contributed by atoms with Gasteiger partial charge in [0.15, 0.2) is 18.1 Å². The highest BCUT2D eigenvalue weighted by molar-refractivity contribution is 5.87. The number of hydrogen-bond acceptors (Lipinski definition) is 5. The molecule has 2 amide bonds. The lowest BCUT2D eigenvalue weighted by molar-refractivity contribution is -0.139. The van der Waals surface area contributed by atoms with E-state index in [1.54, 1.807) is 30.0 Å². The molecule has 0 aliphatic carbocycles. The highest BCUT2D eigenvalue weighted by Crippen LogP contribution is 2.26. The predicted octanol–water partition coefficient (Wildman–Crippen LogP) is 0.828. The van der Waals surface area contributed by atoms with Crippen LogP contribution in [0, 0.1) is 0 Å². The number of carbonyl (C=O) groups excluding carboxylic acids is 2. The Hall–Kier alpha value is -2.28. The molecule has 1 heterocycles. The summed E-state index contributed by atoms with van der Waals surface area (Å²) < 4.78 is 16.2. The fourth-order valence-electron chi connectivity index (χ4n) is 2.39. The number of nitrogens with one attached hydrogen (secondary N) is 1. The molecular weight excluding hydrogens is 312 g/mol. The first-order valence-electron chi connectivity index (χ1n) is 8.12. The number of carbonyl (C=O) groups is 2. The average molecular weight is 336 g/mol. The summed E-state index contributed by atoms with van der Waals surface area (Å²) in [5, 5.41) is 2.66. The van der Waals surface area contributed by atoms with Crippen LogP contribution in [0.5, 0.6) is 11.5 Å². The van der Waals surface area contributed by atoms with Gasteiger partial charge in [-0.3, -0.25) is 9.59 Å². The lowest BCUT2D eigenvalue weighted by Crippen LogP contribution is -2.51. The first kappa shape index (κ1) is 18.1. The average Bonchev–Trinajstić information content (AvgIpc) is 2.61. The first-order chi connectivity index (χ1) is 11.6. The zero-order valence-electron chi connectivity index (χ0n) is 14.1. The van der Waals surface area contributed by atoms with Crippen LogP contribution in [0.2, 0.25) is 0 Å². The number of morpholine rings is 1. The van der Waals surface area contributed by atoms with E-state index in [2.05, 4.69) is 5.32 Å². The summed E-state index contributed by atoms with van der Waals surface area (Å²) in [6, 6.07) is 6.56. The molecule has 1 N–H and O–H groups in total. The number of ether oxygens (including phenoxy) is 3. The Morgan fingerprint density at radius 2 is 1.83 bits per heavy atom. The lowest BCUT2D eigenvalue weighted by atomic mass is 10.2. The number of rotatable bonds is 7. The van der Waals surface area contributed by atoms with Gasteiger partial charge in [-0.25, -0.2) is 0 Å². The molecular formula is C17H24N2O5. The standard InChI is InChI=1S/C17H24N2O5/c1-3-23-14-6-4-5-7-15(14)24-12-16(20)18-13(2)17(21)19-8-10-22-11-9-19/h4-7,13H,3,8-12H2,1-2H3,(H,18,20). The summed E-state index contributed by atoms with van der Waals surface area (Å²) in [5.41, 5.74) is 0. The highest BCUT2D eigenvalue weighted by atomic mass is 16.5. The van der Waals surface area contributed by atoms with E-state index in [-0.39, 0.29) is 18.4 Å². The molecule has 1 atom stereocenters. The van der Waals surface area contributed by atoms with E-state index >= 15 is 0 Å². The SMILES string of the molecule is CCOc1ccccc1OCC(=O)NC(C)C(=O)N1CCOCC1. The number of nitrogens with zero attached hydrogens (tertiary/aromatic N) is 1. The van der Waals surface area contributed by atoms with Crippen molar-refractivity contribution in [3.05, 3.63) is 24.3 Å². The number of hydrogen-bond donors (Lipinski definition) is 1. The van der Waals surface area contributed by atoms with Gasteiger partial charge in [0.1, 0.15) is 6.04 Å². The van der Waals surface area contributed by atoms with Crippen LogP contribution in [0.3, 0.4) is 0 Å². The van der Waals surface area contributed by atoms with Crippen LogP contribution >= 0.6 is 0 Å². The van der Waals surface area contributed by atoms with Gasteiger partial charge in [-0.15, -0.1) is 0 Å². The Balaban J connectivity index is 1.81. The topological polar surface area (TPSA) is 77.1 Å². The molecule has 1 saturated heterocycles. The third-order valence-corrected chi connectivity index (χ3v) is 3.58. The van der Waals surface area contributed by atoms with E-state index < -0.39 is 6.04 Å². The Morgan fingerprint density at radius 1 is 1.21 bits per heavy atom. The van der Waals surface area contributed by atoms with Crippen molar-refractivity contribution in [1.82, 2.24) is 10.2 Å². The minimum absolute atomic E-state index is 0.110. The summed E-state index contributed by atoms with van der Waals surface area (Å²) >= 11 is 0. The van der Waals surface area contributed by atoms with Gasteiger partial charge >= 0.3 is 0 Å². The molecule has 2 rings (SSSR count). The molecule has 7 nitrogen and oxygen atoms in total. The van der Waals surface area contributed by atoms with Crippen LogP contribution < -0.4 is 14.8 Å². The van der Waals surface area contributed by atoms with Gasteiger partial charge in [0.2, 0.25) is 5.91 Å². The Bertz CT molecular complexity index is 558. The number of amides is 2. The van der Waals surface area contributed by atoms with Crippen molar-refractivity contribution in [2.45, 2.75) is 19.9 Å². The van der Waals surface area contributed by atoms with Gasteiger partial charge in [-0.1, -0.05) is 12.1 Å². The molecule has 0 saturated carbocycles. The largest absolute Gasteiger partial charge is 0.490 e. The van der Waals surface area contributed by atoms with Crippen molar-refractivity contribution >= 4 is 11.8 Å². The Kier molecular flexibility index (Phi) is 6.87. The van der Waals surface area contributed by atoms with Gasteiger partial charge in [0, 0.05) is 13.1 Å². The van der Waals surface area contributed by atoms with Crippen molar-refractivity contribution in [2.24, 2.45) is 0 Å². The van der Waals surface area contributed by atoms with E-state index in [1.165, 1.54) is 0 Å². The highest BCUT2D eigenvalue weighted by Gasteiger charge is 2.23. The van der Waals surface area contributed by atoms with E-state index in [0.717, 1.165) is 0 Å². The molecule has 1 aromatic carbocycles. The second-order valence-electron chi connectivity index (χ2n) is 5.40. The van der Waals surface area contributed by atoms with Gasteiger partial charge in [-0.05, 0) is 26.0 Å². The minimum atomic E-state index is -0.596. The van der Waals surface area contributed by atoms with Crippen molar-refractivity contribution in [3.63, 3.8) is 0 Å². The number of benzene rings is 1. The third kappa shape index (κ3) is 5.13. The van der Waals surface area contributed by atoms with Crippen molar-refractivity contribution in [1.29, 1.82) is 0 Å². The van der Waals surface area contributed by atoms with Gasteiger partial charge in [-0.2, -0.15) is 0 Å². The quantitative estimate of drug-likeness (QED) is 0.798. The van der Waals surface area contributed by atoms with Gasteiger partial charge in [0.25, 0.3) is 5.91 Å². The van der Waals surface area contributed by atoms with Gasteiger partial charge in [0.05, 0.1) is 19.8 Å². The molecule has 7 heteroatoms. The van der Waals surface area contributed by atoms with E-state index in [0.29, 0.717) is 44.4 Å². The van der Waals surface area contributed by atoms with Crippen LogP contribution in [-0.4, -0.2) is 62.3 Å². The van der Waals surface area contributed by atoms with E-state index in [9.17, 15) is 9.59 Å². The molecule has 1 unspecified atom stereocenters. The first-order valence-corrected chi connectivity index (χ1v) is 8.12. The van der Waals surface area contributed by atoms with Crippen LogP contribution in [0.1, 0.15) is 13.8 Å². The molecule has 0 spiro atoms. The molecule has 132 valence electrons. The maximum Gasteiger partial charge on any atom is 0.258 e. The van der Waals surface area contributed by atoms with Gasteiger partial charge < -0.3 is 24.4 Å².